The van der Waals surface area contributed by atoms with Gasteiger partial charge in [-0.3, -0.25) is 9.59 Å². The second kappa shape index (κ2) is 11.3. The fourth-order valence-electron chi connectivity index (χ4n) is 3.13. The maximum Gasteiger partial charge on any atom is 0.306 e. The van der Waals surface area contributed by atoms with Crippen molar-refractivity contribution in [2.24, 2.45) is 0 Å². The van der Waals surface area contributed by atoms with Gasteiger partial charge >= 0.3 is 5.97 Å². The zero-order valence-electron chi connectivity index (χ0n) is 17.8. The van der Waals surface area contributed by atoms with E-state index in [9.17, 15) is 14.0 Å². The molecule has 1 N–H and O–H groups in total. The Balaban J connectivity index is 1.52. The van der Waals surface area contributed by atoms with Gasteiger partial charge in [-0.1, -0.05) is 24.3 Å². The summed E-state index contributed by atoms with van der Waals surface area (Å²) in [5, 5.41) is 4.75. The number of halogens is 1. The number of hydrogen-bond acceptors (Lipinski definition) is 6. The molecule has 0 saturated heterocycles. The van der Waals surface area contributed by atoms with Gasteiger partial charge in [0.2, 0.25) is 0 Å². The fraction of sp³-hybridized carbons (Fsp3) is 0.250. The maximum absolute atomic E-state index is 13.3. The molecule has 3 rings (SSSR count). The van der Waals surface area contributed by atoms with Crippen molar-refractivity contribution in [2.75, 3.05) is 20.8 Å². The Hall–Kier alpha value is -3.39. The molecule has 6 nitrogen and oxygen atoms in total. The lowest BCUT2D eigenvalue weighted by atomic mass is 10.1. The molecule has 0 aliphatic rings. The van der Waals surface area contributed by atoms with E-state index in [4.69, 9.17) is 14.2 Å². The quantitative estimate of drug-likeness (QED) is 0.460. The van der Waals surface area contributed by atoms with Crippen molar-refractivity contribution < 1.29 is 28.2 Å². The molecule has 1 heterocycles. The zero-order chi connectivity index (χ0) is 22.9. The number of thiophene rings is 1. The van der Waals surface area contributed by atoms with Gasteiger partial charge in [-0.15, -0.1) is 11.3 Å². The summed E-state index contributed by atoms with van der Waals surface area (Å²) < 4.78 is 28.9. The van der Waals surface area contributed by atoms with Gasteiger partial charge in [0, 0.05) is 11.3 Å². The molecule has 3 aromatic rings. The van der Waals surface area contributed by atoms with Gasteiger partial charge in [-0.05, 0) is 53.3 Å². The van der Waals surface area contributed by atoms with Crippen LogP contribution in [0, 0.1) is 5.82 Å². The molecule has 0 radical (unpaired) electrons. The number of esters is 1. The van der Waals surface area contributed by atoms with Gasteiger partial charge in [0.05, 0.1) is 20.3 Å². The third-order valence-corrected chi connectivity index (χ3v) is 5.70. The molecule has 1 atom stereocenters. The summed E-state index contributed by atoms with van der Waals surface area (Å²) in [5.41, 5.74) is 1.63. The standard InChI is InChI=1S/C24H24FNO5S/c1-29-19-11-5-16(14-20(19)30-2)6-12-23(28)31-15-22(27)26-24(21-4-3-13-32-21)17-7-9-18(25)10-8-17/h3-5,7-11,13-14,24H,6,12,15H2,1-2H3,(H,26,27). The summed E-state index contributed by atoms with van der Waals surface area (Å²) in [5.74, 6) is -0.0832. The van der Waals surface area contributed by atoms with Gasteiger partial charge in [0.25, 0.3) is 5.91 Å². The van der Waals surface area contributed by atoms with E-state index in [-0.39, 0.29) is 12.2 Å². The van der Waals surface area contributed by atoms with Crippen LogP contribution < -0.4 is 14.8 Å². The molecule has 1 amide bonds. The van der Waals surface area contributed by atoms with Gasteiger partial charge in [0.1, 0.15) is 5.82 Å². The number of hydrogen-bond donors (Lipinski definition) is 1. The van der Waals surface area contributed by atoms with Crippen molar-refractivity contribution in [3.05, 3.63) is 81.8 Å². The summed E-state index contributed by atoms with van der Waals surface area (Å²) in [7, 11) is 3.10. The molecule has 2 aromatic carbocycles. The van der Waals surface area contributed by atoms with Crippen LogP contribution in [-0.2, 0) is 20.7 Å². The molecule has 0 aliphatic heterocycles. The largest absolute Gasteiger partial charge is 0.493 e. The number of methoxy groups -OCH3 is 2. The van der Waals surface area contributed by atoms with Crippen LogP contribution in [0.15, 0.2) is 60.0 Å². The first kappa shape index (κ1) is 23.3. The number of amides is 1. The average molecular weight is 458 g/mol. The molecule has 0 aliphatic carbocycles. The van der Waals surface area contributed by atoms with E-state index >= 15 is 0 Å². The molecule has 32 heavy (non-hydrogen) atoms. The van der Waals surface area contributed by atoms with E-state index < -0.39 is 24.5 Å². The Morgan fingerprint density at radius 3 is 2.44 bits per heavy atom. The number of nitrogens with one attached hydrogen (secondary N) is 1. The predicted molar refractivity (Wildman–Crippen MR) is 120 cm³/mol. The second-order valence-electron chi connectivity index (χ2n) is 6.92. The Labute approximate surface area is 189 Å². The van der Waals surface area contributed by atoms with E-state index in [1.165, 1.54) is 23.5 Å². The minimum Gasteiger partial charge on any atom is -0.493 e. The smallest absolute Gasteiger partial charge is 0.306 e. The lowest BCUT2D eigenvalue weighted by molar-refractivity contribution is -0.148. The highest BCUT2D eigenvalue weighted by atomic mass is 32.1. The van der Waals surface area contributed by atoms with E-state index in [1.54, 1.807) is 38.5 Å². The zero-order valence-corrected chi connectivity index (χ0v) is 18.6. The molecular weight excluding hydrogens is 433 g/mol. The van der Waals surface area contributed by atoms with E-state index in [0.29, 0.717) is 17.9 Å². The molecule has 0 bridgehead atoms. The van der Waals surface area contributed by atoms with Crippen LogP contribution in [-0.4, -0.2) is 32.7 Å². The van der Waals surface area contributed by atoms with Crippen molar-refractivity contribution in [2.45, 2.75) is 18.9 Å². The van der Waals surface area contributed by atoms with Crippen molar-refractivity contribution >= 4 is 23.2 Å². The van der Waals surface area contributed by atoms with Gasteiger partial charge < -0.3 is 19.5 Å². The molecule has 168 valence electrons. The molecule has 0 spiro atoms. The van der Waals surface area contributed by atoms with Crippen LogP contribution in [0.5, 0.6) is 11.5 Å². The summed E-state index contributed by atoms with van der Waals surface area (Å²) in [6, 6.07) is 14.6. The predicted octanol–water partition coefficient (Wildman–Crippen LogP) is 4.29. The molecular formula is C24H24FNO5S. The number of ether oxygens (including phenoxy) is 3. The van der Waals surface area contributed by atoms with Crippen LogP contribution >= 0.6 is 11.3 Å². The summed E-state index contributed by atoms with van der Waals surface area (Å²) in [4.78, 5) is 25.4. The minimum atomic E-state index is -0.482. The van der Waals surface area contributed by atoms with E-state index in [0.717, 1.165) is 16.0 Å². The van der Waals surface area contributed by atoms with Crippen LogP contribution in [0.2, 0.25) is 0 Å². The van der Waals surface area contributed by atoms with Crippen molar-refractivity contribution in [3.8, 4) is 11.5 Å². The Morgan fingerprint density at radius 1 is 1.03 bits per heavy atom. The maximum atomic E-state index is 13.3. The van der Waals surface area contributed by atoms with E-state index in [1.807, 2.05) is 23.6 Å². The van der Waals surface area contributed by atoms with Gasteiger partial charge in [-0.25, -0.2) is 4.39 Å². The second-order valence-corrected chi connectivity index (χ2v) is 7.90. The third-order valence-electron chi connectivity index (χ3n) is 4.77. The topological polar surface area (TPSA) is 73.9 Å². The average Bonchev–Trinajstić information content (AvgIpc) is 3.35. The summed E-state index contributed by atoms with van der Waals surface area (Å²) in [6.07, 6.45) is 0.559. The number of aryl methyl sites for hydroxylation is 1. The first-order valence-corrected chi connectivity index (χ1v) is 10.8. The highest BCUT2D eigenvalue weighted by Crippen LogP contribution is 2.28. The molecule has 8 heteroatoms. The summed E-state index contributed by atoms with van der Waals surface area (Å²) >= 11 is 1.47. The van der Waals surface area contributed by atoms with Crippen LogP contribution in [0.1, 0.15) is 28.5 Å². The van der Waals surface area contributed by atoms with Crippen molar-refractivity contribution in [3.63, 3.8) is 0 Å². The molecule has 1 unspecified atom stereocenters. The lowest BCUT2D eigenvalue weighted by Gasteiger charge is -2.18. The Morgan fingerprint density at radius 2 is 1.78 bits per heavy atom. The summed E-state index contributed by atoms with van der Waals surface area (Å²) in [6.45, 7) is -0.395. The number of benzene rings is 2. The normalized spacial score (nSPS) is 11.5. The van der Waals surface area contributed by atoms with Crippen molar-refractivity contribution in [1.29, 1.82) is 0 Å². The van der Waals surface area contributed by atoms with Crippen LogP contribution in [0.4, 0.5) is 4.39 Å². The minimum absolute atomic E-state index is 0.120. The fourth-order valence-corrected chi connectivity index (χ4v) is 3.94. The SMILES string of the molecule is COc1ccc(CCC(=O)OCC(=O)NC(c2ccc(F)cc2)c2cccs2)cc1OC. The van der Waals surface area contributed by atoms with Crippen molar-refractivity contribution in [1.82, 2.24) is 5.32 Å². The monoisotopic (exact) mass is 457 g/mol. The number of rotatable bonds is 10. The number of carbonyl (C=O) groups excluding carboxylic acids is 2. The molecule has 1 aromatic heterocycles. The van der Waals surface area contributed by atoms with E-state index in [2.05, 4.69) is 5.32 Å². The first-order valence-electron chi connectivity index (χ1n) is 9.95. The first-order chi connectivity index (χ1) is 15.5. The van der Waals surface area contributed by atoms with Crippen LogP contribution in [0.25, 0.3) is 0 Å². The van der Waals surface area contributed by atoms with Gasteiger partial charge in [0.15, 0.2) is 18.1 Å². The molecule has 0 fully saturated rings. The Bertz CT molecular complexity index is 1040. The number of carbonyl (C=O) groups is 2. The third kappa shape index (κ3) is 6.31. The lowest BCUT2D eigenvalue weighted by Crippen LogP contribution is -2.32. The Kier molecular flexibility index (Phi) is 8.21. The highest BCUT2D eigenvalue weighted by molar-refractivity contribution is 7.10. The van der Waals surface area contributed by atoms with Crippen LogP contribution in [0.3, 0.4) is 0 Å². The van der Waals surface area contributed by atoms with Gasteiger partial charge in [-0.2, -0.15) is 0 Å². The highest BCUT2D eigenvalue weighted by Gasteiger charge is 2.19. The molecule has 0 saturated carbocycles.